The highest BCUT2D eigenvalue weighted by atomic mass is 16.1. The Bertz CT molecular complexity index is 336. The third-order valence-corrected chi connectivity index (χ3v) is 1.91. The Morgan fingerprint density at radius 3 is 2.77 bits per heavy atom. The number of aromatic nitrogens is 2. The number of aryl methyl sites for hydroxylation is 1. The number of hydrogen-bond donors (Lipinski definition) is 0. The number of rotatable bonds is 3. The van der Waals surface area contributed by atoms with Crippen LogP contribution in [0.2, 0.25) is 0 Å². The molecule has 0 saturated carbocycles. The molecule has 1 aromatic heterocycles. The summed E-state index contributed by atoms with van der Waals surface area (Å²) in [5, 5.41) is 4.06. The first-order valence-corrected chi connectivity index (χ1v) is 4.34. The van der Waals surface area contributed by atoms with Gasteiger partial charge in [-0.05, 0) is 31.1 Å². The predicted octanol–water partition coefficient (Wildman–Crippen LogP) is 1.80. The quantitative estimate of drug-likeness (QED) is 0.661. The first kappa shape index (κ1) is 9.71. The van der Waals surface area contributed by atoms with Gasteiger partial charge < -0.3 is 0 Å². The van der Waals surface area contributed by atoms with E-state index in [-0.39, 0.29) is 5.78 Å². The molecule has 0 spiro atoms. The largest absolute Gasteiger partial charge is 0.295 e. The molecule has 1 rings (SSSR count). The molecule has 0 saturated heterocycles. The Morgan fingerprint density at radius 2 is 2.38 bits per heavy atom. The van der Waals surface area contributed by atoms with Crippen LogP contribution in [0.3, 0.4) is 0 Å². The molecule has 0 amide bonds. The topological polar surface area (TPSA) is 34.9 Å². The lowest BCUT2D eigenvalue weighted by molar-refractivity contribution is -0.112. The monoisotopic (exact) mass is 178 g/mol. The van der Waals surface area contributed by atoms with Crippen molar-refractivity contribution in [1.29, 1.82) is 0 Å². The van der Waals surface area contributed by atoms with E-state index in [9.17, 15) is 4.79 Å². The average molecular weight is 178 g/mol. The molecule has 1 aromatic rings. The zero-order valence-corrected chi connectivity index (χ0v) is 8.24. The number of carbonyl (C=O) groups excluding carboxylic acids is 1. The summed E-state index contributed by atoms with van der Waals surface area (Å²) in [6.45, 7) is 3.59. The van der Waals surface area contributed by atoms with Crippen LogP contribution >= 0.6 is 0 Å². The van der Waals surface area contributed by atoms with Crippen molar-refractivity contribution in [1.82, 2.24) is 9.78 Å². The molecule has 0 radical (unpaired) electrons. The van der Waals surface area contributed by atoms with Crippen LogP contribution in [0.25, 0.3) is 5.57 Å². The summed E-state index contributed by atoms with van der Waals surface area (Å²) in [5.74, 6) is 0.0815. The maximum Gasteiger partial charge on any atom is 0.152 e. The van der Waals surface area contributed by atoms with E-state index in [4.69, 9.17) is 0 Å². The number of ketones is 1. The SMILES string of the molecule is CCC(=CC(C)=O)c1ccnn1C. The minimum Gasteiger partial charge on any atom is -0.295 e. The lowest BCUT2D eigenvalue weighted by Crippen LogP contribution is -1.98. The molecule has 3 nitrogen and oxygen atoms in total. The summed E-state index contributed by atoms with van der Waals surface area (Å²) >= 11 is 0. The third kappa shape index (κ3) is 2.28. The van der Waals surface area contributed by atoms with E-state index in [0.717, 1.165) is 17.7 Å². The van der Waals surface area contributed by atoms with E-state index < -0.39 is 0 Å². The van der Waals surface area contributed by atoms with Gasteiger partial charge in [-0.25, -0.2) is 0 Å². The van der Waals surface area contributed by atoms with E-state index in [1.54, 1.807) is 23.9 Å². The Morgan fingerprint density at radius 1 is 1.69 bits per heavy atom. The smallest absolute Gasteiger partial charge is 0.152 e. The molecule has 0 aliphatic rings. The van der Waals surface area contributed by atoms with E-state index in [1.165, 1.54) is 0 Å². The Balaban J connectivity index is 3.04. The van der Waals surface area contributed by atoms with Crippen molar-refractivity contribution in [3.05, 3.63) is 24.0 Å². The standard InChI is InChI=1S/C10H14N2O/c1-4-9(7-8(2)13)10-5-6-11-12(10)3/h5-7H,4H2,1-3H3. The molecule has 0 aliphatic carbocycles. The third-order valence-electron chi connectivity index (χ3n) is 1.91. The van der Waals surface area contributed by atoms with Gasteiger partial charge in [-0.1, -0.05) is 6.92 Å². The highest BCUT2D eigenvalue weighted by Gasteiger charge is 2.04. The fraction of sp³-hybridized carbons (Fsp3) is 0.400. The molecule has 0 aliphatic heterocycles. The van der Waals surface area contributed by atoms with Crippen LogP contribution in [-0.4, -0.2) is 15.6 Å². The van der Waals surface area contributed by atoms with Crippen molar-refractivity contribution in [2.24, 2.45) is 7.05 Å². The summed E-state index contributed by atoms with van der Waals surface area (Å²) in [6, 6.07) is 1.91. The van der Waals surface area contributed by atoms with Crippen LogP contribution in [0.15, 0.2) is 18.3 Å². The van der Waals surface area contributed by atoms with Gasteiger partial charge in [-0.2, -0.15) is 5.10 Å². The van der Waals surface area contributed by atoms with E-state index >= 15 is 0 Å². The molecule has 70 valence electrons. The van der Waals surface area contributed by atoms with Crippen molar-refractivity contribution in [3.63, 3.8) is 0 Å². The van der Waals surface area contributed by atoms with Crippen molar-refractivity contribution in [3.8, 4) is 0 Å². The van der Waals surface area contributed by atoms with E-state index in [2.05, 4.69) is 5.10 Å². The maximum absolute atomic E-state index is 10.9. The van der Waals surface area contributed by atoms with Crippen molar-refractivity contribution in [2.45, 2.75) is 20.3 Å². The molecule has 0 unspecified atom stereocenters. The summed E-state index contributed by atoms with van der Waals surface area (Å²) in [4.78, 5) is 10.9. The van der Waals surface area contributed by atoms with Gasteiger partial charge in [0.05, 0.1) is 5.69 Å². The highest BCUT2D eigenvalue weighted by molar-refractivity contribution is 5.94. The van der Waals surface area contributed by atoms with Crippen LogP contribution in [0.5, 0.6) is 0 Å². The molecule has 0 fully saturated rings. The normalized spacial score (nSPS) is 11.8. The molecular weight excluding hydrogens is 164 g/mol. The molecular formula is C10H14N2O. The van der Waals surface area contributed by atoms with Crippen LogP contribution in [0.4, 0.5) is 0 Å². The first-order chi connectivity index (χ1) is 6.15. The van der Waals surface area contributed by atoms with Crippen molar-refractivity contribution >= 4 is 11.4 Å². The number of nitrogens with zero attached hydrogens (tertiary/aromatic N) is 2. The zero-order valence-electron chi connectivity index (χ0n) is 8.24. The summed E-state index contributed by atoms with van der Waals surface area (Å²) in [7, 11) is 1.87. The summed E-state index contributed by atoms with van der Waals surface area (Å²) in [6.07, 6.45) is 4.25. The highest BCUT2D eigenvalue weighted by Crippen LogP contribution is 2.16. The van der Waals surface area contributed by atoms with Gasteiger partial charge in [0.2, 0.25) is 0 Å². The number of hydrogen-bond acceptors (Lipinski definition) is 2. The average Bonchev–Trinajstić information content (AvgIpc) is 2.47. The Hall–Kier alpha value is -1.38. The van der Waals surface area contributed by atoms with Gasteiger partial charge in [-0.15, -0.1) is 0 Å². The number of allylic oxidation sites excluding steroid dienone is 2. The van der Waals surface area contributed by atoms with Crippen LogP contribution < -0.4 is 0 Å². The van der Waals surface area contributed by atoms with Crippen LogP contribution in [0.1, 0.15) is 26.0 Å². The van der Waals surface area contributed by atoms with Crippen LogP contribution in [0, 0.1) is 0 Å². The molecule has 0 atom stereocenters. The van der Waals surface area contributed by atoms with Crippen molar-refractivity contribution in [2.75, 3.05) is 0 Å². The predicted molar refractivity (Wildman–Crippen MR) is 52.2 cm³/mol. The van der Waals surface area contributed by atoms with Gasteiger partial charge in [0.25, 0.3) is 0 Å². The molecule has 0 bridgehead atoms. The van der Waals surface area contributed by atoms with Gasteiger partial charge in [0.1, 0.15) is 0 Å². The lowest BCUT2D eigenvalue weighted by atomic mass is 10.1. The van der Waals surface area contributed by atoms with E-state index in [0.29, 0.717) is 0 Å². The molecule has 1 heterocycles. The molecule has 13 heavy (non-hydrogen) atoms. The molecule has 0 N–H and O–H groups in total. The molecule has 0 aromatic carbocycles. The fourth-order valence-corrected chi connectivity index (χ4v) is 1.29. The fourth-order valence-electron chi connectivity index (χ4n) is 1.29. The zero-order chi connectivity index (χ0) is 9.84. The van der Waals surface area contributed by atoms with E-state index in [1.807, 2.05) is 20.0 Å². The van der Waals surface area contributed by atoms with Crippen molar-refractivity contribution < 1.29 is 4.79 Å². The number of carbonyl (C=O) groups is 1. The summed E-state index contributed by atoms with van der Waals surface area (Å²) < 4.78 is 1.78. The van der Waals surface area contributed by atoms with Crippen LogP contribution in [-0.2, 0) is 11.8 Å². The van der Waals surface area contributed by atoms with Gasteiger partial charge >= 0.3 is 0 Å². The minimum absolute atomic E-state index is 0.0815. The maximum atomic E-state index is 10.9. The lowest BCUT2D eigenvalue weighted by Gasteiger charge is -2.03. The van der Waals surface area contributed by atoms with Gasteiger partial charge in [0, 0.05) is 13.2 Å². The first-order valence-electron chi connectivity index (χ1n) is 4.34. The molecule has 3 heteroatoms. The second-order valence-corrected chi connectivity index (χ2v) is 2.97. The second-order valence-electron chi connectivity index (χ2n) is 2.97. The second kappa shape index (κ2) is 4.03. The Kier molecular flexibility index (Phi) is 3.01. The minimum atomic E-state index is 0.0815. The Labute approximate surface area is 78.1 Å². The van der Waals surface area contributed by atoms with Gasteiger partial charge in [0.15, 0.2) is 5.78 Å². The summed E-state index contributed by atoms with van der Waals surface area (Å²) in [5.41, 5.74) is 2.05. The van der Waals surface area contributed by atoms with Gasteiger partial charge in [-0.3, -0.25) is 9.48 Å².